The van der Waals surface area contributed by atoms with Gasteiger partial charge in [-0.15, -0.1) is 13.2 Å². The van der Waals surface area contributed by atoms with Crippen LogP contribution in [-0.2, 0) is 4.79 Å². The molecular formula is C13H11F3N2O2S. The second-order valence-corrected chi connectivity index (χ2v) is 5.33. The van der Waals surface area contributed by atoms with Crippen molar-refractivity contribution in [2.45, 2.75) is 13.3 Å². The average molecular weight is 316 g/mol. The predicted molar refractivity (Wildman–Crippen MR) is 75.3 cm³/mol. The van der Waals surface area contributed by atoms with Crippen molar-refractivity contribution >= 4 is 28.5 Å². The summed E-state index contributed by atoms with van der Waals surface area (Å²) in [6.07, 6.45) is -4.72. The monoisotopic (exact) mass is 316 g/mol. The number of carbonyl (C=O) groups is 1. The van der Waals surface area contributed by atoms with E-state index < -0.39 is 6.36 Å². The maximum atomic E-state index is 12.1. The van der Waals surface area contributed by atoms with Crippen molar-refractivity contribution in [1.29, 1.82) is 0 Å². The van der Waals surface area contributed by atoms with Gasteiger partial charge in [-0.2, -0.15) is 4.99 Å². The van der Waals surface area contributed by atoms with E-state index in [1.807, 2.05) is 0 Å². The van der Waals surface area contributed by atoms with E-state index in [0.29, 0.717) is 17.4 Å². The molecule has 0 spiro atoms. The van der Waals surface area contributed by atoms with Crippen LogP contribution in [0.25, 0.3) is 0 Å². The van der Waals surface area contributed by atoms with E-state index in [1.54, 1.807) is 4.90 Å². The zero-order chi connectivity index (χ0) is 15.6. The number of carbonyl (C=O) groups excluding carboxylic acids is 1. The van der Waals surface area contributed by atoms with Crippen LogP contribution in [0.1, 0.15) is 6.92 Å². The van der Waals surface area contributed by atoms with Gasteiger partial charge in [-0.3, -0.25) is 4.79 Å². The van der Waals surface area contributed by atoms with Crippen LogP contribution in [0.2, 0.25) is 0 Å². The van der Waals surface area contributed by atoms with Gasteiger partial charge in [0.2, 0.25) is 5.91 Å². The number of hydrogen-bond acceptors (Lipinski definition) is 3. The molecule has 112 valence electrons. The predicted octanol–water partition coefficient (Wildman–Crippen LogP) is 3.55. The molecule has 1 aliphatic heterocycles. The van der Waals surface area contributed by atoms with E-state index in [1.165, 1.54) is 43.0 Å². The quantitative estimate of drug-likeness (QED) is 0.837. The van der Waals surface area contributed by atoms with E-state index in [0.717, 1.165) is 4.91 Å². The summed E-state index contributed by atoms with van der Waals surface area (Å²) in [4.78, 5) is 17.4. The standard InChI is InChI=1S/C13H11F3N2O2S/c1-8-7-18(12(21-8)17-9(2)19)10-3-5-11(6-4-10)20-13(14,15)16/h3-6H,1,7H2,2H3. The van der Waals surface area contributed by atoms with E-state index in [9.17, 15) is 18.0 Å². The Morgan fingerprint density at radius 1 is 1.38 bits per heavy atom. The van der Waals surface area contributed by atoms with E-state index in [4.69, 9.17) is 0 Å². The number of halogens is 3. The summed E-state index contributed by atoms with van der Waals surface area (Å²) in [5.74, 6) is -0.656. The number of amidine groups is 1. The minimum atomic E-state index is -4.72. The lowest BCUT2D eigenvalue weighted by Gasteiger charge is -2.18. The highest BCUT2D eigenvalue weighted by atomic mass is 32.2. The lowest BCUT2D eigenvalue weighted by atomic mass is 10.3. The molecule has 0 N–H and O–H groups in total. The Morgan fingerprint density at radius 2 is 2.00 bits per heavy atom. The van der Waals surface area contributed by atoms with Crippen LogP contribution >= 0.6 is 11.8 Å². The van der Waals surface area contributed by atoms with Crippen LogP contribution in [0.15, 0.2) is 40.7 Å². The molecule has 0 atom stereocenters. The number of aliphatic imine (C=N–C) groups is 1. The van der Waals surface area contributed by atoms with E-state index in [-0.39, 0.29) is 11.7 Å². The molecule has 2 rings (SSSR count). The highest BCUT2D eigenvalue weighted by Crippen LogP contribution is 2.33. The highest BCUT2D eigenvalue weighted by molar-refractivity contribution is 8.18. The van der Waals surface area contributed by atoms with Gasteiger partial charge in [0.05, 0.1) is 6.54 Å². The SMILES string of the molecule is C=C1CN(c2ccc(OC(F)(F)F)cc2)C(=NC(C)=O)S1. The molecule has 0 aliphatic carbocycles. The first kappa shape index (κ1) is 15.4. The Hall–Kier alpha value is -1.96. The zero-order valence-corrected chi connectivity index (χ0v) is 11.8. The fourth-order valence-electron chi connectivity index (χ4n) is 1.71. The first-order chi connectivity index (χ1) is 9.74. The second-order valence-electron chi connectivity index (χ2n) is 4.18. The number of nitrogens with zero attached hydrogens (tertiary/aromatic N) is 2. The van der Waals surface area contributed by atoms with Crippen molar-refractivity contribution in [1.82, 2.24) is 0 Å². The zero-order valence-electron chi connectivity index (χ0n) is 11.0. The van der Waals surface area contributed by atoms with Gasteiger partial charge in [-0.1, -0.05) is 18.3 Å². The molecule has 1 heterocycles. The van der Waals surface area contributed by atoms with Crippen molar-refractivity contribution in [3.63, 3.8) is 0 Å². The lowest BCUT2D eigenvalue weighted by Crippen LogP contribution is -2.24. The number of amides is 1. The van der Waals surface area contributed by atoms with Gasteiger partial charge in [0.15, 0.2) is 5.17 Å². The third-order valence-corrected chi connectivity index (χ3v) is 3.35. The summed E-state index contributed by atoms with van der Waals surface area (Å²) in [6.45, 7) is 5.58. The molecule has 1 saturated heterocycles. The molecule has 8 heteroatoms. The van der Waals surface area contributed by atoms with Gasteiger partial charge in [0.25, 0.3) is 0 Å². The van der Waals surface area contributed by atoms with Crippen LogP contribution in [-0.4, -0.2) is 24.0 Å². The molecule has 0 bridgehead atoms. The van der Waals surface area contributed by atoms with Crippen molar-refractivity contribution in [2.75, 3.05) is 11.4 Å². The second kappa shape index (κ2) is 5.80. The first-order valence-corrected chi connectivity index (χ1v) is 6.64. The molecule has 21 heavy (non-hydrogen) atoms. The van der Waals surface area contributed by atoms with Gasteiger partial charge < -0.3 is 9.64 Å². The van der Waals surface area contributed by atoms with E-state index in [2.05, 4.69) is 16.3 Å². The average Bonchev–Trinajstić information content (AvgIpc) is 2.68. The van der Waals surface area contributed by atoms with Crippen LogP contribution in [0, 0.1) is 0 Å². The fraction of sp³-hybridized carbons (Fsp3) is 0.231. The molecule has 1 aromatic carbocycles. The third-order valence-electron chi connectivity index (χ3n) is 2.44. The van der Waals surface area contributed by atoms with Crippen LogP contribution in [0.4, 0.5) is 18.9 Å². The number of ether oxygens (including phenoxy) is 1. The summed E-state index contributed by atoms with van der Waals surface area (Å²) < 4.78 is 40.1. The summed E-state index contributed by atoms with van der Waals surface area (Å²) in [5, 5.41) is 0.456. The minimum absolute atomic E-state index is 0.304. The molecule has 1 fully saturated rings. The van der Waals surface area contributed by atoms with Gasteiger partial charge in [-0.25, -0.2) is 0 Å². The molecule has 1 aromatic rings. The smallest absolute Gasteiger partial charge is 0.406 e. The number of anilines is 1. The highest BCUT2D eigenvalue weighted by Gasteiger charge is 2.31. The van der Waals surface area contributed by atoms with Crippen molar-refractivity contribution in [3.05, 3.63) is 35.7 Å². The summed E-state index contributed by atoms with van der Waals surface area (Å²) >= 11 is 1.26. The molecule has 0 aromatic heterocycles. The molecule has 4 nitrogen and oxygen atoms in total. The summed E-state index contributed by atoms with van der Waals surface area (Å²) in [7, 11) is 0. The normalized spacial score (nSPS) is 17.4. The van der Waals surface area contributed by atoms with Crippen LogP contribution in [0.3, 0.4) is 0 Å². The third kappa shape index (κ3) is 4.25. The Labute approximate surface area is 123 Å². The Balaban J connectivity index is 2.21. The molecule has 1 amide bonds. The van der Waals surface area contributed by atoms with Crippen molar-refractivity contribution in [3.8, 4) is 5.75 Å². The molecular weight excluding hydrogens is 305 g/mol. The lowest BCUT2D eigenvalue weighted by molar-refractivity contribution is -0.274. The van der Waals surface area contributed by atoms with Gasteiger partial charge in [-0.05, 0) is 24.3 Å². The largest absolute Gasteiger partial charge is 0.573 e. The first-order valence-electron chi connectivity index (χ1n) is 5.83. The summed E-state index contributed by atoms with van der Waals surface area (Å²) in [6, 6.07) is 5.35. The maximum absolute atomic E-state index is 12.1. The fourth-order valence-corrected chi connectivity index (χ4v) is 2.61. The number of rotatable bonds is 2. The van der Waals surface area contributed by atoms with Gasteiger partial charge >= 0.3 is 6.36 Å². The molecule has 0 saturated carbocycles. The van der Waals surface area contributed by atoms with E-state index >= 15 is 0 Å². The molecule has 1 aliphatic rings. The maximum Gasteiger partial charge on any atom is 0.573 e. The Kier molecular flexibility index (Phi) is 4.26. The number of thioether (sulfide) groups is 1. The van der Waals surface area contributed by atoms with Gasteiger partial charge in [0.1, 0.15) is 5.75 Å². The van der Waals surface area contributed by atoms with Gasteiger partial charge in [0, 0.05) is 17.5 Å². The van der Waals surface area contributed by atoms with Crippen LogP contribution in [0.5, 0.6) is 5.75 Å². The number of hydrogen-bond donors (Lipinski definition) is 0. The summed E-state index contributed by atoms with van der Waals surface area (Å²) in [5.41, 5.74) is 0.607. The van der Waals surface area contributed by atoms with Crippen molar-refractivity contribution in [2.24, 2.45) is 4.99 Å². The van der Waals surface area contributed by atoms with Crippen LogP contribution < -0.4 is 9.64 Å². The Morgan fingerprint density at radius 3 is 2.52 bits per heavy atom. The Bertz CT molecular complexity index is 596. The van der Waals surface area contributed by atoms with Crippen molar-refractivity contribution < 1.29 is 22.7 Å². The minimum Gasteiger partial charge on any atom is -0.406 e. The molecule has 0 radical (unpaired) electrons. The number of alkyl halides is 3. The topological polar surface area (TPSA) is 41.9 Å². The molecule has 0 unspecified atom stereocenters. The number of benzene rings is 1.